The van der Waals surface area contributed by atoms with Crippen LogP contribution < -0.4 is 15.5 Å². The van der Waals surface area contributed by atoms with E-state index in [2.05, 4.69) is 63.8 Å². The number of nitrogens with zero attached hydrogens (tertiary/aromatic N) is 1. The second-order valence-electron chi connectivity index (χ2n) is 4.39. The third-order valence-electron chi connectivity index (χ3n) is 2.86. The molecule has 88 valence electrons. The monoisotopic (exact) mass is 283 g/mol. The SMILES string of the molecule is CN(C)c1ccc(Br)cc1NC1CCNC1. The molecule has 2 rings (SSSR count). The maximum absolute atomic E-state index is 3.60. The van der Waals surface area contributed by atoms with Gasteiger partial charge in [0, 0.05) is 31.2 Å². The van der Waals surface area contributed by atoms with Gasteiger partial charge in [0.1, 0.15) is 0 Å². The molecule has 1 aliphatic rings. The highest BCUT2D eigenvalue weighted by molar-refractivity contribution is 9.10. The van der Waals surface area contributed by atoms with Gasteiger partial charge in [0.2, 0.25) is 0 Å². The maximum atomic E-state index is 3.60. The van der Waals surface area contributed by atoms with Gasteiger partial charge in [-0.2, -0.15) is 0 Å². The molecule has 1 aliphatic heterocycles. The largest absolute Gasteiger partial charge is 0.379 e. The van der Waals surface area contributed by atoms with E-state index in [4.69, 9.17) is 0 Å². The van der Waals surface area contributed by atoms with Crippen LogP contribution in [0.4, 0.5) is 11.4 Å². The molecular formula is C12H18BrN3. The quantitative estimate of drug-likeness (QED) is 0.891. The molecule has 4 heteroatoms. The molecule has 1 aromatic carbocycles. The average Bonchev–Trinajstić information content (AvgIpc) is 2.70. The predicted molar refractivity (Wildman–Crippen MR) is 73.4 cm³/mol. The van der Waals surface area contributed by atoms with Crippen LogP contribution in [-0.4, -0.2) is 33.2 Å². The summed E-state index contributed by atoms with van der Waals surface area (Å²) in [6.45, 7) is 2.17. The Hall–Kier alpha value is -0.740. The summed E-state index contributed by atoms with van der Waals surface area (Å²) in [7, 11) is 4.14. The highest BCUT2D eigenvalue weighted by atomic mass is 79.9. The molecule has 0 bridgehead atoms. The minimum absolute atomic E-state index is 0.549. The van der Waals surface area contributed by atoms with Crippen LogP contribution in [0.5, 0.6) is 0 Å². The lowest BCUT2D eigenvalue weighted by Gasteiger charge is -2.21. The molecule has 1 unspecified atom stereocenters. The molecule has 0 aromatic heterocycles. The Morgan fingerprint density at radius 2 is 2.25 bits per heavy atom. The number of halogens is 1. The number of nitrogens with one attached hydrogen (secondary N) is 2. The van der Waals surface area contributed by atoms with Gasteiger partial charge in [-0.05, 0) is 31.2 Å². The molecule has 1 aromatic rings. The van der Waals surface area contributed by atoms with Gasteiger partial charge in [-0.1, -0.05) is 15.9 Å². The Morgan fingerprint density at radius 3 is 2.88 bits per heavy atom. The Bertz CT molecular complexity index is 359. The fourth-order valence-electron chi connectivity index (χ4n) is 2.01. The third kappa shape index (κ3) is 2.68. The Balaban J connectivity index is 2.19. The molecule has 0 radical (unpaired) electrons. The molecule has 0 amide bonds. The Kier molecular flexibility index (Phi) is 3.71. The summed E-state index contributed by atoms with van der Waals surface area (Å²) in [6.07, 6.45) is 1.19. The van der Waals surface area contributed by atoms with Gasteiger partial charge in [-0.15, -0.1) is 0 Å². The fraction of sp³-hybridized carbons (Fsp3) is 0.500. The number of benzene rings is 1. The fourth-order valence-corrected chi connectivity index (χ4v) is 2.37. The third-order valence-corrected chi connectivity index (χ3v) is 3.35. The summed E-state index contributed by atoms with van der Waals surface area (Å²) in [4.78, 5) is 2.14. The van der Waals surface area contributed by atoms with Crippen molar-refractivity contribution in [2.24, 2.45) is 0 Å². The standard InChI is InChI=1S/C12H18BrN3/c1-16(2)12-4-3-9(13)7-11(12)15-10-5-6-14-8-10/h3-4,7,10,14-15H,5-6,8H2,1-2H3. The maximum Gasteiger partial charge on any atom is 0.0597 e. The first-order valence-electron chi connectivity index (χ1n) is 5.61. The van der Waals surface area contributed by atoms with E-state index in [0.29, 0.717) is 6.04 Å². The van der Waals surface area contributed by atoms with E-state index >= 15 is 0 Å². The van der Waals surface area contributed by atoms with Crippen LogP contribution in [0.2, 0.25) is 0 Å². The summed E-state index contributed by atoms with van der Waals surface area (Å²) in [5.41, 5.74) is 2.43. The van der Waals surface area contributed by atoms with Crippen molar-refractivity contribution in [3.63, 3.8) is 0 Å². The Morgan fingerprint density at radius 1 is 1.44 bits per heavy atom. The van der Waals surface area contributed by atoms with Gasteiger partial charge in [-0.25, -0.2) is 0 Å². The minimum atomic E-state index is 0.549. The van der Waals surface area contributed by atoms with Crippen LogP contribution in [-0.2, 0) is 0 Å². The number of rotatable bonds is 3. The van der Waals surface area contributed by atoms with Crippen LogP contribution >= 0.6 is 15.9 Å². The van der Waals surface area contributed by atoms with Crippen LogP contribution in [0.3, 0.4) is 0 Å². The van der Waals surface area contributed by atoms with Crippen molar-refractivity contribution in [2.75, 3.05) is 37.4 Å². The van der Waals surface area contributed by atoms with Crippen molar-refractivity contribution in [3.05, 3.63) is 22.7 Å². The molecule has 2 N–H and O–H groups in total. The molecule has 16 heavy (non-hydrogen) atoms. The van der Waals surface area contributed by atoms with Crippen molar-refractivity contribution < 1.29 is 0 Å². The lowest BCUT2D eigenvalue weighted by atomic mass is 10.2. The van der Waals surface area contributed by atoms with E-state index in [1.54, 1.807) is 0 Å². The topological polar surface area (TPSA) is 27.3 Å². The minimum Gasteiger partial charge on any atom is -0.379 e. The first kappa shape index (κ1) is 11.7. The molecular weight excluding hydrogens is 266 g/mol. The number of hydrogen-bond acceptors (Lipinski definition) is 3. The molecule has 1 saturated heterocycles. The summed E-state index contributed by atoms with van der Waals surface area (Å²) in [5.74, 6) is 0. The van der Waals surface area contributed by atoms with E-state index in [0.717, 1.165) is 17.6 Å². The molecule has 1 atom stereocenters. The van der Waals surface area contributed by atoms with Crippen LogP contribution in [0.15, 0.2) is 22.7 Å². The number of hydrogen-bond donors (Lipinski definition) is 2. The van der Waals surface area contributed by atoms with Gasteiger partial charge in [-0.3, -0.25) is 0 Å². The summed E-state index contributed by atoms with van der Waals surface area (Å²) in [6, 6.07) is 6.91. The van der Waals surface area contributed by atoms with Gasteiger partial charge in [0.25, 0.3) is 0 Å². The predicted octanol–water partition coefficient (Wildman–Crippen LogP) is 2.29. The number of anilines is 2. The summed E-state index contributed by atoms with van der Waals surface area (Å²) in [5, 5.41) is 6.97. The first-order chi connectivity index (χ1) is 7.66. The lowest BCUT2D eigenvalue weighted by Crippen LogP contribution is -2.23. The van der Waals surface area contributed by atoms with E-state index in [1.165, 1.54) is 17.8 Å². The van der Waals surface area contributed by atoms with E-state index in [1.807, 2.05) is 0 Å². The Labute approximate surface area is 105 Å². The van der Waals surface area contributed by atoms with Gasteiger partial charge in [0.05, 0.1) is 11.4 Å². The van der Waals surface area contributed by atoms with E-state index < -0.39 is 0 Å². The zero-order chi connectivity index (χ0) is 11.5. The smallest absolute Gasteiger partial charge is 0.0597 e. The van der Waals surface area contributed by atoms with Crippen molar-refractivity contribution in [2.45, 2.75) is 12.5 Å². The zero-order valence-electron chi connectivity index (χ0n) is 9.76. The average molecular weight is 284 g/mol. The lowest BCUT2D eigenvalue weighted by molar-refractivity contribution is 0.793. The molecule has 0 saturated carbocycles. The highest BCUT2D eigenvalue weighted by Crippen LogP contribution is 2.29. The molecule has 0 spiro atoms. The van der Waals surface area contributed by atoms with Crippen LogP contribution in [0.25, 0.3) is 0 Å². The molecule has 3 nitrogen and oxygen atoms in total. The second-order valence-corrected chi connectivity index (χ2v) is 5.31. The molecule has 0 aliphatic carbocycles. The zero-order valence-corrected chi connectivity index (χ0v) is 11.3. The summed E-state index contributed by atoms with van der Waals surface area (Å²) < 4.78 is 1.12. The van der Waals surface area contributed by atoms with Crippen molar-refractivity contribution >= 4 is 27.3 Å². The van der Waals surface area contributed by atoms with Gasteiger partial charge >= 0.3 is 0 Å². The van der Waals surface area contributed by atoms with Crippen LogP contribution in [0, 0.1) is 0 Å². The second kappa shape index (κ2) is 5.06. The normalized spacial score (nSPS) is 19.8. The van der Waals surface area contributed by atoms with E-state index in [-0.39, 0.29) is 0 Å². The first-order valence-corrected chi connectivity index (χ1v) is 6.40. The van der Waals surface area contributed by atoms with Crippen LogP contribution in [0.1, 0.15) is 6.42 Å². The summed E-state index contributed by atoms with van der Waals surface area (Å²) >= 11 is 3.52. The molecule has 1 heterocycles. The van der Waals surface area contributed by atoms with E-state index in [9.17, 15) is 0 Å². The van der Waals surface area contributed by atoms with Crippen molar-refractivity contribution in [1.82, 2.24) is 5.32 Å². The van der Waals surface area contributed by atoms with Crippen molar-refractivity contribution in [1.29, 1.82) is 0 Å². The van der Waals surface area contributed by atoms with Gasteiger partial charge < -0.3 is 15.5 Å². The van der Waals surface area contributed by atoms with Gasteiger partial charge in [0.15, 0.2) is 0 Å². The highest BCUT2D eigenvalue weighted by Gasteiger charge is 2.15. The molecule has 1 fully saturated rings. The van der Waals surface area contributed by atoms with Crippen molar-refractivity contribution in [3.8, 4) is 0 Å².